The van der Waals surface area contributed by atoms with Gasteiger partial charge in [-0.15, -0.1) is 6.58 Å². The standard InChI is InChI=1S/C23H25N3O2/c1-2-12-26-13-9-19(10-14-26)28-22-15-18(8-11-24-22)21-7-6-17-4-3-5-20(17)23(21)25-16-27/h2,6-8,11,15,19H,1,3-5,9-10,12-14H2. The van der Waals surface area contributed by atoms with Crippen LogP contribution in [-0.2, 0) is 17.6 Å². The third kappa shape index (κ3) is 3.91. The minimum Gasteiger partial charge on any atom is -0.474 e. The van der Waals surface area contributed by atoms with Crippen molar-refractivity contribution in [2.45, 2.75) is 38.2 Å². The Hall–Kier alpha value is -2.75. The molecule has 1 aliphatic carbocycles. The predicted molar refractivity (Wildman–Crippen MR) is 110 cm³/mol. The van der Waals surface area contributed by atoms with Crippen LogP contribution >= 0.6 is 0 Å². The van der Waals surface area contributed by atoms with E-state index in [-0.39, 0.29) is 6.10 Å². The highest BCUT2D eigenvalue weighted by Crippen LogP contribution is 2.39. The Morgan fingerprint density at radius 2 is 2.14 bits per heavy atom. The molecule has 144 valence electrons. The van der Waals surface area contributed by atoms with Gasteiger partial charge in [-0.05, 0) is 54.9 Å². The first-order chi connectivity index (χ1) is 13.8. The summed E-state index contributed by atoms with van der Waals surface area (Å²) in [5.41, 5.74) is 5.12. The Bertz CT molecular complexity index is 910. The van der Waals surface area contributed by atoms with Crippen LogP contribution in [0.15, 0.2) is 48.1 Å². The normalized spacial score (nSPS) is 17.0. The number of pyridine rings is 1. The fourth-order valence-electron chi connectivity index (χ4n) is 4.26. The van der Waals surface area contributed by atoms with Crippen molar-refractivity contribution in [2.24, 2.45) is 4.99 Å². The Balaban J connectivity index is 1.55. The van der Waals surface area contributed by atoms with Crippen molar-refractivity contribution in [2.75, 3.05) is 19.6 Å². The van der Waals surface area contributed by atoms with Crippen molar-refractivity contribution in [1.82, 2.24) is 9.88 Å². The summed E-state index contributed by atoms with van der Waals surface area (Å²) in [6, 6.07) is 8.10. The molecule has 1 aromatic heterocycles. The number of fused-ring (bicyclic) bond motifs is 1. The van der Waals surface area contributed by atoms with Gasteiger partial charge in [0.25, 0.3) is 0 Å². The summed E-state index contributed by atoms with van der Waals surface area (Å²) in [4.78, 5) is 21.8. The summed E-state index contributed by atoms with van der Waals surface area (Å²) < 4.78 is 6.16. The van der Waals surface area contributed by atoms with E-state index in [1.54, 1.807) is 12.3 Å². The van der Waals surface area contributed by atoms with Gasteiger partial charge in [0.05, 0.1) is 5.69 Å². The average molecular weight is 375 g/mol. The molecular weight excluding hydrogens is 350 g/mol. The SMILES string of the molecule is C=CCN1CCC(Oc2cc(-c3ccc4c(c3N=C=O)CCC4)ccn2)CC1. The maximum Gasteiger partial charge on any atom is 0.240 e. The zero-order valence-corrected chi connectivity index (χ0v) is 16.1. The van der Waals surface area contributed by atoms with E-state index in [2.05, 4.69) is 27.5 Å². The lowest BCUT2D eigenvalue weighted by molar-refractivity contribution is 0.103. The number of aryl methyl sites for hydroxylation is 1. The van der Waals surface area contributed by atoms with Crippen LogP contribution in [0.25, 0.3) is 11.1 Å². The first-order valence-corrected chi connectivity index (χ1v) is 9.97. The summed E-state index contributed by atoms with van der Waals surface area (Å²) in [6.45, 7) is 6.76. The van der Waals surface area contributed by atoms with E-state index in [9.17, 15) is 4.79 Å². The molecule has 5 nitrogen and oxygen atoms in total. The maximum absolute atomic E-state index is 11.0. The van der Waals surface area contributed by atoms with Crippen molar-refractivity contribution in [1.29, 1.82) is 0 Å². The van der Waals surface area contributed by atoms with Gasteiger partial charge in [-0.3, -0.25) is 4.90 Å². The molecule has 2 heterocycles. The molecule has 0 atom stereocenters. The molecule has 0 N–H and O–H groups in total. The van der Waals surface area contributed by atoms with Crippen LogP contribution in [0.1, 0.15) is 30.4 Å². The largest absolute Gasteiger partial charge is 0.474 e. The van der Waals surface area contributed by atoms with Gasteiger partial charge in [0.1, 0.15) is 6.10 Å². The fraction of sp³-hybridized carbons (Fsp3) is 0.391. The first kappa shape index (κ1) is 18.6. The maximum atomic E-state index is 11.0. The van der Waals surface area contributed by atoms with Crippen LogP contribution in [0.5, 0.6) is 5.88 Å². The van der Waals surface area contributed by atoms with Crippen molar-refractivity contribution in [3.63, 3.8) is 0 Å². The summed E-state index contributed by atoms with van der Waals surface area (Å²) in [5, 5.41) is 0. The number of aromatic nitrogens is 1. The number of nitrogens with zero attached hydrogens (tertiary/aromatic N) is 3. The summed E-state index contributed by atoms with van der Waals surface area (Å²) in [5.74, 6) is 0.626. The second-order valence-electron chi connectivity index (χ2n) is 7.45. The van der Waals surface area contributed by atoms with E-state index in [0.717, 1.165) is 68.6 Å². The van der Waals surface area contributed by atoms with Gasteiger partial charge < -0.3 is 4.74 Å². The smallest absolute Gasteiger partial charge is 0.240 e. The number of hydrogen-bond acceptors (Lipinski definition) is 5. The van der Waals surface area contributed by atoms with E-state index >= 15 is 0 Å². The molecule has 2 aliphatic rings. The zero-order valence-electron chi connectivity index (χ0n) is 16.1. The molecule has 1 aliphatic heterocycles. The highest BCUT2D eigenvalue weighted by molar-refractivity contribution is 5.81. The molecule has 0 spiro atoms. The molecule has 28 heavy (non-hydrogen) atoms. The van der Waals surface area contributed by atoms with Crippen molar-refractivity contribution in [3.8, 4) is 17.0 Å². The molecule has 1 saturated heterocycles. The van der Waals surface area contributed by atoms with Crippen molar-refractivity contribution >= 4 is 11.8 Å². The van der Waals surface area contributed by atoms with E-state index in [0.29, 0.717) is 5.88 Å². The topological polar surface area (TPSA) is 54.8 Å². The molecule has 0 amide bonds. The quantitative estimate of drug-likeness (QED) is 0.431. The van der Waals surface area contributed by atoms with E-state index in [1.807, 2.05) is 24.3 Å². The average Bonchev–Trinajstić information content (AvgIpc) is 3.20. The predicted octanol–water partition coefficient (Wildman–Crippen LogP) is 4.23. The highest BCUT2D eigenvalue weighted by atomic mass is 16.5. The lowest BCUT2D eigenvalue weighted by Crippen LogP contribution is -2.38. The molecule has 5 heteroatoms. The number of piperidine rings is 1. The van der Waals surface area contributed by atoms with Gasteiger partial charge in [-0.1, -0.05) is 18.2 Å². The van der Waals surface area contributed by atoms with Crippen LogP contribution < -0.4 is 4.74 Å². The van der Waals surface area contributed by atoms with Crippen LogP contribution in [0.4, 0.5) is 5.69 Å². The Morgan fingerprint density at radius 1 is 1.29 bits per heavy atom. The number of likely N-dealkylation sites (tertiary alicyclic amines) is 1. The number of aliphatic imine (C=N–C) groups is 1. The lowest BCUT2D eigenvalue weighted by Gasteiger charge is -2.31. The van der Waals surface area contributed by atoms with Gasteiger partial charge in [0.2, 0.25) is 12.0 Å². The highest BCUT2D eigenvalue weighted by Gasteiger charge is 2.21. The Labute approximate surface area is 165 Å². The van der Waals surface area contributed by atoms with Crippen molar-refractivity contribution in [3.05, 3.63) is 54.2 Å². The summed E-state index contributed by atoms with van der Waals surface area (Å²) in [7, 11) is 0. The van der Waals surface area contributed by atoms with Crippen LogP contribution in [0.2, 0.25) is 0 Å². The van der Waals surface area contributed by atoms with Crippen molar-refractivity contribution < 1.29 is 9.53 Å². The molecule has 4 rings (SSSR count). The number of benzene rings is 1. The molecular formula is C23H25N3O2. The molecule has 1 fully saturated rings. The first-order valence-electron chi connectivity index (χ1n) is 9.97. The van der Waals surface area contributed by atoms with Gasteiger partial charge in [-0.2, -0.15) is 4.99 Å². The van der Waals surface area contributed by atoms with Crippen LogP contribution in [0, 0.1) is 0 Å². The monoisotopic (exact) mass is 375 g/mol. The summed E-state index contributed by atoms with van der Waals surface area (Å²) >= 11 is 0. The molecule has 1 aromatic carbocycles. The van der Waals surface area contributed by atoms with Crippen LogP contribution in [0.3, 0.4) is 0 Å². The number of hydrogen-bond donors (Lipinski definition) is 0. The number of rotatable bonds is 6. The third-order valence-electron chi connectivity index (χ3n) is 5.67. The van der Waals surface area contributed by atoms with E-state index in [4.69, 9.17) is 4.74 Å². The Morgan fingerprint density at radius 3 is 2.93 bits per heavy atom. The molecule has 0 bridgehead atoms. The Kier molecular flexibility index (Phi) is 5.65. The third-order valence-corrected chi connectivity index (χ3v) is 5.67. The second-order valence-corrected chi connectivity index (χ2v) is 7.45. The van der Waals surface area contributed by atoms with Gasteiger partial charge in [0, 0.05) is 37.5 Å². The van der Waals surface area contributed by atoms with Crippen LogP contribution in [-0.4, -0.2) is 41.7 Å². The molecule has 2 aromatic rings. The number of isocyanates is 1. The van der Waals surface area contributed by atoms with Gasteiger partial charge >= 0.3 is 0 Å². The van der Waals surface area contributed by atoms with Gasteiger partial charge in [0.15, 0.2) is 0 Å². The fourth-order valence-corrected chi connectivity index (χ4v) is 4.26. The minimum atomic E-state index is 0.177. The molecule has 0 saturated carbocycles. The van der Waals surface area contributed by atoms with Gasteiger partial charge in [-0.25, -0.2) is 9.78 Å². The molecule has 0 unspecified atom stereocenters. The minimum absolute atomic E-state index is 0.177. The molecule has 0 radical (unpaired) electrons. The zero-order chi connectivity index (χ0) is 19.3. The lowest BCUT2D eigenvalue weighted by atomic mass is 9.98. The summed E-state index contributed by atoms with van der Waals surface area (Å²) in [6.07, 6.45) is 10.7. The second kappa shape index (κ2) is 8.51. The number of ether oxygens (including phenoxy) is 1. The van der Waals surface area contributed by atoms with E-state index in [1.165, 1.54) is 11.1 Å². The van der Waals surface area contributed by atoms with E-state index < -0.39 is 0 Å². The number of carbonyl (C=O) groups excluding carboxylic acids is 1.